The van der Waals surface area contributed by atoms with Crippen molar-refractivity contribution in [3.63, 3.8) is 0 Å². The van der Waals surface area contributed by atoms with Gasteiger partial charge in [0.05, 0.1) is 16.3 Å². The number of rotatable bonds is 6. The fourth-order valence-corrected chi connectivity index (χ4v) is 3.03. The number of aromatic nitrogens is 1. The summed E-state index contributed by atoms with van der Waals surface area (Å²) in [6.45, 7) is 0.376. The van der Waals surface area contributed by atoms with Crippen molar-refractivity contribution < 1.29 is 14.3 Å². The van der Waals surface area contributed by atoms with Crippen molar-refractivity contribution in [3.8, 4) is 17.4 Å². The van der Waals surface area contributed by atoms with Gasteiger partial charge in [-0.1, -0.05) is 23.7 Å². The number of ether oxygens (including phenoxy) is 2. The third kappa shape index (κ3) is 4.71. The largest absolute Gasteiger partial charge is 0.497 e. The van der Waals surface area contributed by atoms with Gasteiger partial charge < -0.3 is 14.8 Å². The monoisotopic (exact) mass is 374 g/mol. The maximum atomic E-state index is 12.0. The van der Waals surface area contributed by atoms with Crippen LogP contribution < -0.4 is 14.8 Å². The SMILES string of the molecule is COc1cccc(Oc2ccc(CNC(=O)c3ccc(Cl)s3)cn2)c1. The van der Waals surface area contributed by atoms with E-state index >= 15 is 0 Å². The number of thiophene rings is 1. The Balaban J connectivity index is 1.57. The highest BCUT2D eigenvalue weighted by molar-refractivity contribution is 7.17. The molecule has 0 atom stereocenters. The van der Waals surface area contributed by atoms with Crippen molar-refractivity contribution >= 4 is 28.8 Å². The zero-order valence-electron chi connectivity index (χ0n) is 13.4. The topological polar surface area (TPSA) is 60.5 Å². The molecule has 7 heteroatoms. The van der Waals surface area contributed by atoms with Crippen LogP contribution in [0.3, 0.4) is 0 Å². The van der Waals surface area contributed by atoms with Crippen molar-refractivity contribution in [2.75, 3.05) is 7.11 Å². The van der Waals surface area contributed by atoms with Crippen molar-refractivity contribution in [2.45, 2.75) is 6.54 Å². The van der Waals surface area contributed by atoms with Gasteiger partial charge in [-0.25, -0.2) is 4.98 Å². The summed E-state index contributed by atoms with van der Waals surface area (Å²) in [5.74, 6) is 1.66. The summed E-state index contributed by atoms with van der Waals surface area (Å²) < 4.78 is 11.4. The Morgan fingerprint density at radius 2 is 2.04 bits per heavy atom. The molecule has 0 aliphatic rings. The zero-order valence-corrected chi connectivity index (χ0v) is 14.9. The Labute approximate surface area is 154 Å². The minimum absolute atomic E-state index is 0.159. The number of nitrogens with zero attached hydrogens (tertiary/aromatic N) is 1. The van der Waals surface area contributed by atoms with Gasteiger partial charge in [-0.05, 0) is 29.8 Å². The molecule has 0 saturated carbocycles. The summed E-state index contributed by atoms with van der Waals surface area (Å²) >= 11 is 7.08. The average molecular weight is 375 g/mol. The number of hydrogen-bond donors (Lipinski definition) is 1. The summed E-state index contributed by atoms with van der Waals surface area (Å²) in [4.78, 5) is 16.8. The molecule has 2 heterocycles. The second-order valence-corrected chi connectivity index (χ2v) is 6.79. The fraction of sp³-hybridized carbons (Fsp3) is 0.111. The molecule has 0 aliphatic heterocycles. The lowest BCUT2D eigenvalue weighted by Gasteiger charge is -2.08. The quantitative estimate of drug-likeness (QED) is 0.688. The molecule has 0 saturated heterocycles. The minimum atomic E-state index is -0.159. The minimum Gasteiger partial charge on any atom is -0.497 e. The number of nitrogens with one attached hydrogen (secondary N) is 1. The van der Waals surface area contributed by atoms with Gasteiger partial charge in [-0.2, -0.15) is 0 Å². The third-order valence-corrected chi connectivity index (χ3v) is 4.54. The van der Waals surface area contributed by atoms with E-state index in [9.17, 15) is 4.79 Å². The first-order chi connectivity index (χ1) is 12.1. The maximum absolute atomic E-state index is 12.0. The highest BCUT2D eigenvalue weighted by atomic mass is 35.5. The first kappa shape index (κ1) is 17.3. The molecular formula is C18H15ClN2O3S. The fourth-order valence-electron chi connectivity index (χ4n) is 2.07. The number of halogens is 1. The second kappa shape index (κ2) is 8.00. The van der Waals surface area contributed by atoms with E-state index in [1.54, 1.807) is 37.6 Å². The van der Waals surface area contributed by atoms with Crippen LogP contribution in [0.15, 0.2) is 54.7 Å². The number of methoxy groups -OCH3 is 1. The van der Waals surface area contributed by atoms with Gasteiger partial charge in [0.25, 0.3) is 5.91 Å². The van der Waals surface area contributed by atoms with Crippen molar-refractivity contribution in [3.05, 3.63) is 69.5 Å². The lowest BCUT2D eigenvalue weighted by molar-refractivity contribution is 0.0955. The highest BCUT2D eigenvalue weighted by Crippen LogP contribution is 2.24. The predicted octanol–water partition coefficient (Wildman–Crippen LogP) is 4.53. The first-order valence-corrected chi connectivity index (χ1v) is 8.64. The summed E-state index contributed by atoms with van der Waals surface area (Å²) in [6, 6.07) is 14.3. The molecule has 2 aromatic heterocycles. The molecule has 3 aromatic rings. The van der Waals surface area contributed by atoms with E-state index in [2.05, 4.69) is 10.3 Å². The van der Waals surface area contributed by atoms with Crippen LogP contribution in [-0.2, 0) is 6.54 Å². The Hall–Kier alpha value is -2.57. The van der Waals surface area contributed by atoms with E-state index < -0.39 is 0 Å². The van der Waals surface area contributed by atoms with Gasteiger partial charge in [-0.15, -0.1) is 11.3 Å². The molecule has 0 fully saturated rings. The standard InChI is InChI=1S/C18H15ClN2O3S/c1-23-13-3-2-4-14(9-13)24-17-8-5-12(10-20-17)11-21-18(22)15-6-7-16(19)25-15/h2-10H,11H2,1H3,(H,21,22). The van der Waals surface area contributed by atoms with E-state index in [-0.39, 0.29) is 5.91 Å². The first-order valence-electron chi connectivity index (χ1n) is 7.44. The van der Waals surface area contributed by atoms with Crippen molar-refractivity contribution in [2.24, 2.45) is 0 Å². The van der Waals surface area contributed by atoms with Crippen LogP contribution in [0.25, 0.3) is 0 Å². The van der Waals surface area contributed by atoms with E-state index in [1.807, 2.05) is 24.3 Å². The normalized spacial score (nSPS) is 10.3. The van der Waals surface area contributed by atoms with Crippen molar-refractivity contribution in [1.29, 1.82) is 0 Å². The highest BCUT2D eigenvalue weighted by Gasteiger charge is 2.08. The molecule has 5 nitrogen and oxygen atoms in total. The van der Waals surface area contributed by atoms with Crippen LogP contribution in [-0.4, -0.2) is 18.0 Å². The summed E-state index contributed by atoms with van der Waals surface area (Å²) in [6.07, 6.45) is 1.66. The van der Waals surface area contributed by atoms with Crippen molar-refractivity contribution in [1.82, 2.24) is 10.3 Å². The van der Waals surface area contributed by atoms with Crippen LogP contribution >= 0.6 is 22.9 Å². The number of pyridine rings is 1. The van der Waals surface area contributed by atoms with Crippen LogP contribution in [0, 0.1) is 0 Å². The van der Waals surface area contributed by atoms with Gasteiger partial charge in [0.2, 0.25) is 5.88 Å². The number of carbonyl (C=O) groups excluding carboxylic acids is 1. The van der Waals surface area contributed by atoms with Gasteiger partial charge in [0.15, 0.2) is 0 Å². The van der Waals surface area contributed by atoms with Crippen LogP contribution in [0.5, 0.6) is 17.4 Å². The molecule has 0 bridgehead atoms. The Morgan fingerprint density at radius 3 is 2.72 bits per heavy atom. The van der Waals surface area contributed by atoms with Gasteiger partial charge >= 0.3 is 0 Å². The Morgan fingerprint density at radius 1 is 1.20 bits per heavy atom. The molecule has 1 N–H and O–H groups in total. The molecule has 3 rings (SSSR count). The smallest absolute Gasteiger partial charge is 0.261 e. The molecule has 0 spiro atoms. The lowest BCUT2D eigenvalue weighted by Crippen LogP contribution is -2.21. The second-order valence-electron chi connectivity index (χ2n) is 5.07. The van der Waals surface area contributed by atoms with E-state index in [0.717, 1.165) is 5.56 Å². The number of benzene rings is 1. The molecule has 1 aromatic carbocycles. The summed E-state index contributed by atoms with van der Waals surface area (Å²) in [7, 11) is 1.60. The summed E-state index contributed by atoms with van der Waals surface area (Å²) in [5, 5.41) is 2.83. The van der Waals surface area contributed by atoms with Crippen LogP contribution in [0.1, 0.15) is 15.2 Å². The Kier molecular flexibility index (Phi) is 5.53. The van der Waals surface area contributed by atoms with E-state index in [0.29, 0.717) is 33.1 Å². The number of amides is 1. The maximum Gasteiger partial charge on any atom is 0.261 e. The third-order valence-electron chi connectivity index (χ3n) is 3.31. The lowest BCUT2D eigenvalue weighted by atomic mass is 10.3. The molecule has 128 valence electrons. The molecule has 0 radical (unpaired) electrons. The van der Waals surface area contributed by atoms with E-state index in [1.165, 1.54) is 11.3 Å². The van der Waals surface area contributed by atoms with Gasteiger partial charge in [0.1, 0.15) is 11.5 Å². The van der Waals surface area contributed by atoms with E-state index in [4.69, 9.17) is 21.1 Å². The molecule has 0 unspecified atom stereocenters. The van der Waals surface area contributed by atoms with Gasteiger partial charge in [0, 0.05) is 24.9 Å². The molecule has 0 aliphatic carbocycles. The Bertz CT molecular complexity index is 865. The number of carbonyl (C=O) groups is 1. The average Bonchev–Trinajstić information content (AvgIpc) is 3.07. The molecule has 25 heavy (non-hydrogen) atoms. The number of hydrogen-bond acceptors (Lipinski definition) is 5. The van der Waals surface area contributed by atoms with Crippen LogP contribution in [0.4, 0.5) is 0 Å². The van der Waals surface area contributed by atoms with Crippen LogP contribution in [0.2, 0.25) is 4.34 Å². The summed E-state index contributed by atoms with van der Waals surface area (Å²) in [5.41, 5.74) is 0.869. The van der Waals surface area contributed by atoms with Gasteiger partial charge in [-0.3, -0.25) is 4.79 Å². The predicted molar refractivity (Wildman–Crippen MR) is 97.8 cm³/mol. The molecular weight excluding hydrogens is 360 g/mol. The molecule has 1 amide bonds. The zero-order chi connectivity index (χ0) is 17.6.